The molecule has 58 heavy (non-hydrogen) atoms. The zero-order valence-corrected chi connectivity index (χ0v) is 31.8. The summed E-state index contributed by atoms with van der Waals surface area (Å²) in [6, 6.07) is 81.3. The molecule has 0 aliphatic carbocycles. The maximum absolute atomic E-state index is 5.38. The molecule has 0 fully saturated rings. The van der Waals surface area contributed by atoms with Crippen LogP contribution in [0.3, 0.4) is 0 Å². The van der Waals surface area contributed by atoms with Gasteiger partial charge in [0.1, 0.15) is 0 Å². The highest BCUT2D eigenvalue weighted by atomic mass is 14.7. The fraction of sp³-hybridized carbons (Fsp3) is 0. The van der Waals surface area contributed by atoms with Crippen molar-refractivity contribution < 1.29 is 0 Å². The molecule has 1 heteroatoms. The van der Waals surface area contributed by atoms with Crippen molar-refractivity contribution in [2.75, 3.05) is 0 Å². The van der Waals surface area contributed by atoms with Crippen molar-refractivity contribution in [3.05, 3.63) is 224 Å². The summed E-state index contributed by atoms with van der Waals surface area (Å²) in [4.78, 5) is 5.38. The number of pyridine rings is 1. The zero-order chi connectivity index (χ0) is 38.4. The molecule has 0 atom stereocenters. The van der Waals surface area contributed by atoms with Gasteiger partial charge in [0, 0.05) is 11.1 Å². The van der Waals surface area contributed by atoms with Gasteiger partial charge in [-0.25, -0.2) is 4.98 Å². The molecule has 1 heterocycles. The molecule has 1 nitrogen and oxygen atoms in total. The first-order valence-electron chi connectivity index (χ1n) is 19.9. The average Bonchev–Trinajstić information content (AvgIpc) is 3.30. The molecule has 11 rings (SSSR count). The molecule has 1 aromatic heterocycles. The first-order valence-corrected chi connectivity index (χ1v) is 19.9. The van der Waals surface area contributed by atoms with E-state index in [4.69, 9.17) is 4.98 Å². The molecule has 0 saturated heterocycles. The molecular weight excluding hydrogens is 699 g/mol. The van der Waals surface area contributed by atoms with Gasteiger partial charge in [0.2, 0.25) is 0 Å². The van der Waals surface area contributed by atoms with E-state index in [1.165, 1.54) is 82.0 Å². The fourth-order valence-corrected chi connectivity index (χ4v) is 8.82. The van der Waals surface area contributed by atoms with Gasteiger partial charge in [-0.15, -0.1) is 0 Å². The molecule has 10 aromatic carbocycles. The number of fused-ring (bicyclic) bond motifs is 4. The second-order valence-corrected chi connectivity index (χ2v) is 15.1. The van der Waals surface area contributed by atoms with Crippen molar-refractivity contribution in [1.29, 1.82) is 0 Å². The molecule has 0 aliphatic rings. The summed E-state index contributed by atoms with van der Waals surface area (Å²) in [6.45, 7) is 0. The molecule has 0 N–H and O–H groups in total. The van der Waals surface area contributed by atoms with Crippen LogP contribution in [-0.4, -0.2) is 4.98 Å². The highest BCUT2D eigenvalue weighted by Crippen LogP contribution is 2.41. The Balaban J connectivity index is 1.06. The van der Waals surface area contributed by atoms with E-state index in [2.05, 4.69) is 224 Å². The summed E-state index contributed by atoms with van der Waals surface area (Å²) < 4.78 is 0. The lowest BCUT2D eigenvalue weighted by Crippen LogP contribution is -1.93. The van der Waals surface area contributed by atoms with Crippen molar-refractivity contribution in [2.45, 2.75) is 0 Å². The number of hydrogen-bond acceptors (Lipinski definition) is 1. The Morgan fingerprint density at radius 1 is 0.207 bits per heavy atom. The fourth-order valence-electron chi connectivity index (χ4n) is 8.82. The quantitative estimate of drug-likeness (QED) is 0.166. The summed E-state index contributed by atoms with van der Waals surface area (Å²) in [6.07, 6.45) is 0. The SMILES string of the molecule is c1ccc2c(-c3ccc(-c4cc(-c5ccc(-c6cccc7ccccc67)c6ccccc56)cc(-c5ccc(-c6cccc7ccccc67)cc5)n4)cc3)cccc2c1. The Hall–Kier alpha value is -7.61. The van der Waals surface area contributed by atoms with Crippen molar-refractivity contribution in [2.24, 2.45) is 0 Å². The molecule has 0 spiro atoms. The minimum atomic E-state index is 0.942. The second kappa shape index (κ2) is 14.2. The van der Waals surface area contributed by atoms with Gasteiger partial charge in [0.15, 0.2) is 0 Å². The van der Waals surface area contributed by atoms with Gasteiger partial charge in [-0.2, -0.15) is 0 Å². The molecule has 0 saturated carbocycles. The lowest BCUT2D eigenvalue weighted by Gasteiger charge is -2.16. The lowest BCUT2D eigenvalue weighted by molar-refractivity contribution is 1.32. The predicted octanol–water partition coefficient (Wildman–Crippen LogP) is 15.7. The van der Waals surface area contributed by atoms with Gasteiger partial charge < -0.3 is 0 Å². The highest BCUT2D eigenvalue weighted by molar-refractivity contribution is 6.10. The van der Waals surface area contributed by atoms with Crippen LogP contribution in [0, 0.1) is 0 Å². The highest BCUT2D eigenvalue weighted by Gasteiger charge is 2.16. The topological polar surface area (TPSA) is 12.9 Å². The molecule has 0 bridgehead atoms. The standard InChI is InChI=1S/C57H37N/c1-4-18-46-38(12-1)15-9-23-48(46)41-26-30-43(31-27-41)56-36-45(37-57(58-56)44-32-28-42(29-33-44)49-24-10-16-39-13-2-5-19-47(39)49)51-34-35-55(54-22-8-7-21-52(51)54)53-25-11-17-40-14-3-6-20-50(40)53/h1-37H. The summed E-state index contributed by atoms with van der Waals surface area (Å²) >= 11 is 0. The van der Waals surface area contributed by atoms with Crippen LogP contribution in [0.15, 0.2) is 224 Å². The summed E-state index contributed by atoms with van der Waals surface area (Å²) in [5, 5.41) is 9.95. The number of rotatable bonds is 6. The van der Waals surface area contributed by atoms with E-state index in [1.54, 1.807) is 0 Å². The largest absolute Gasteiger partial charge is 0.248 e. The monoisotopic (exact) mass is 735 g/mol. The smallest absolute Gasteiger partial charge is 0.0715 e. The normalized spacial score (nSPS) is 11.4. The zero-order valence-electron chi connectivity index (χ0n) is 31.8. The average molecular weight is 736 g/mol. The van der Waals surface area contributed by atoms with Crippen LogP contribution < -0.4 is 0 Å². The van der Waals surface area contributed by atoms with E-state index >= 15 is 0 Å². The van der Waals surface area contributed by atoms with E-state index in [0.29, 0.717) is 0 Å². The van der Waals surface area contributed by atoms with Crippen molar-refractivity contribution in [3.63, 3.8) is 0 Å². The summed E-state index contributed by atoms with van der Waals surface area (Å²) in [5.41, 5.74) is 13.7. The molecule has 0 amide bonds. The van der Waals surface area contributed by atoms with E-state index < -0.39 is 0 Å². The number of nitrogens with zero attached hydrogens (tertiary/aromatic N) is 1. The van der Waals surface area contributed by atoms with Crippen LogP contribution in [0.1, 0.15) is 0 Å². The Morgan fingerprint density at radius 2 is 0.517 bits per heavy atom. The minimum Gasteiger partial charge on any atom is -0.248 e. The van der Waals surface area contributed by atoms with Gasteiger partial charge in [0.05, 0.1) is 11.4 Å². The van der Waals surface area contributed by atoms with E-state index in [-0.39, 0.29) is 0 Å². The molecule has 0 unspecified atom stereocenters. The van der Waals surface area contributed by atoms with Crippen molar-refractivity contribution in [1.82, 2.24) is 4.98 Å². The van der Waals surface area contributed by atoms with Gasteiger partial charge in [-0.1, -0.05) is 212 Å². The van der Waals surface area contributed by atoms with Crippen LogP contribution in [0.5, 0.6) is 0 Å². The summed E-state index contributed by atoms with van der Waals surface area (Å²) in [7, 11) is 0. The van der Waals surface area contributed by atoms with E-state index in [0.717, 1.165) is 28.1 Å². The molecule has 11 aromatic rings. The summed E-state index contributed by atoms with van der Waals surface area (Å²) in [5.74, 6) is 0. The van der Waals surface area contributed by atoms with Crippen molar-refractivity contribution in [3.8, 4) is 67.0 Å². The Morgan fingerprint density at radius 3 is 1.00 bits per heavy atom. The molecule has 0 aliphatic heterocycles. The van der Waals surface area contributed by atoms with E-state index in [9.17, 15) is 0 Å². The maximum atomic E-state index is 5.38. The van der Waals surface area contributed by atoms with Crippen LogP contribution >= 0.6 is 0 Å². The first kappa shape index (κ1) is 33.7. The number of benzene rings is 10. The van der Waals surface area contributed by atoms with Gasteiger partial charge in [-0.3, -0.25) is 0 Å². The van der Waals surface area contributed by atoms with Crippen LogP contribution in [0.2, 0.25) is 0 Å². The lowest BCUT2D eigenvalue weighted by atomic mass is 9.89. The third-order valence-electron chi connectivity index (χ3n) is 11.7. The molecule has 0 radical (unpaired) electrons. The van der Waals surface area contributed by atoms with Gasteiger partial charge in [0.25, 0.3) is 0 Å². The minimum absolute atomic E-state index is 0.942. The Bertz CT molecular complexity index is 3160. The van der Waals surface area contributed by atoms with Crippen LogP contribution in [-0.2, 0) is 0 Å². The Kier molecular flexibility index (Phi) is 8.23. The Labute approximate surface area is 338 Å². The first-order chi connectivity index (χ1) is 28.7. The van der Waals surface area contributed by atoms with E-state index in [1.807, 2.05) is 0 Å². The van der Waals surface area contributed by atoms with Crippen LogP contribution in [0.25, 0.3) is 110 Å². The predicted molar refractivity (Wildman–Crippen MR) is 247 cm³/mol. The van der Waals surface area contributed by atoms with Gasteiger partial charge >= 0.3 is 0 Å². The maximum Gasteiger partial charge on any atom is 0.0715 e. The third-order valence-corrected chi connectivity index (χ3v) is 11.7. The third kappa shape index (κ3) is 5.93. The second-order valence-electron chi connectivity index (χ2n) is 15.1. The number of hydrogen-bond donors (Lipinski definition) is 0. The molecular formula is C57H37N. The van der Waals surface area contributed by atoms with Crippen molar-refractivity contribution >= 4 is 43.1 Å². The van der Waals surface area contributed by atoms with Crippen LogP contribution in [0.4, 0.5) is 0 Å². The number of aromatic nitrogens is 1. The van der Waals surface area contributed by atoms with Gasteiger partial charge in [-0.05, 0) is 99.7 Å². The molecule has 270 valence electrons.